The van der Waals surface area contributed by atoms with Gasteiger partial charge in [-0.3, -0.25) is 9.69 Å². The SMILES string of the molecule is CCC(NC(=O)C1CCCN(Cc2nc(-c3ccc(Cl)cc3Cl)no2)C1)c1ccc(S(C)(=O)=O)cc1. The molecule has 0 bridgehead atoms. The second-order valence-corrected chi connectivity index (χ2v) is 11.9. The summed E-state index contributed by atoms with van der Waals surface area (Å²) in [6, 6.07) is 11.6. The van der Waals surface area contributed by atoms with E-state index in [-0.39, 0.29) is 22.8 Å². The van der Waals surface area contributed by atoms with Gasteiger partial charge in [0.15, 0.2) is 9.84 Å². The van der Waals surface area contributed by atoms with Gasteiger partial charge in [0.25, 0.3) is 0 Å². The van der Waals surface area contributed by atoms with E-state index in [1.165, 1.54) is 6.26 Å². The number of benzene rings is 2. The number of carbonyl (C=O) groups is 1. The van der Waals surface area contributed by atoms with Crippen LogP contribution in [-0.2, 0) is 21.2 Å². The number of rotatable bonds is 8. The Morgan fingerprint density at radius 3 is 2.64 bits per heavy atom. The third kappa shape index (κ3) is 6.45. The molecule has 2 atom stereocenters. The van der Waals surface area contributed by atoms with Gasteiger partial charge in [0.1, 0.15) is 0 Å². The summed E-state index contributed by atoms with van der Waals surface area (Å²) < 4.78 is 28.9. The van der Waals surface area contributed by atoms with Crippen LogP contribution in [-0.4, -0.2) is 48.7 Å². The zero-order valence-electron chi connectivity index (χ0n) is 20.1. The lowest BCUT2D eigenvalue weighted by Gasteiger charge is -2.32. The van der Waals surface area contributed by atoms with Crippen LogP contribution in [0.4, 0.5) is 0 Å². The maximum Gasteiger partial charge on any atom is 0.241 e. The van der Waals surface area contributed by atoms with Gasteiger partial charge in [0.05, 0.1) is 28.4 Å². The third-order valence-corrected chi connectivity index (χ3v) is 7.99. The van der Waals surface area contributed by atoms with E-state index in [9.17, 15) is 13.2 Å². The first-order valence-electron chi connectivity index (χ1n) is 11.7. The Morgan fingerprint density at radius 2 is 1.97 bits per heavy atom. The minimum atomic E-state index is -3.26. The standard InChI is InChI=1S/C25H28Cl2N4O4S/c1-3-22(16-6-9-19(10-7-16)36(2,33)34)28-25(32)17-5-4-12-31(14-17)15-23-29-24(30-35-23)20-11-8-18(26)13-21(20)27/h6-11,13,17,22H,3-5,12,14-15H2,1-2H3,(H,28,32). The molecule has 2 unspecified atom stereocenters. The number of likely N-dealkylation sites (tertiary alicyclic amines) is 1. The number of sulfone groups is 1. The highest BCUT2D eigenvalue weighted by Gasteiger charge is 2.28. The maximum absolute atomic E-state index is 13.1. The van der Waals surface area contributed by atoms with Crippen molar-refractivity contribution >= 4 is 38.9 Å². The van der Waals surface area contributed by atoms with Crippen molar-refractivity contribution in [1.29, 1.82) is 0 Å². The number of carbonyl (C=O) groups excluding carboxylic acids is 1. The minimum Gasteiger partial charge on any atom is -0.349 e. The fourth-order valence-electron chi connectivity index (χ4n) is 4.36. The number of piperidine rings is 1. The molecule has 36 heavy (non-hydrogen) atoms. The quantitative estimate of drug-likeness (QED) is 0.424. The monoisotopic (exact) mass is 550 g/mol. The lowest BCUT2D eigenvalue weighted by Crippen LogP contribution is -2.43. The maximum atomic E-state index is 13.1. The summed E-state index contributed by atoms with van der Waals surface area (Å²) in [6.07, 6.45) is 3.54. The molecule has 3 aromatic rings. The van der Waals surface area contributed by atoms with Crippen molar-refractivity contribution in [2.24, 2.45) is 5.92 Å². The summed E-state index contributed by atoms with van der Waals surface area (Å²) in [7, 11) is -3.26. The minimum absolute atomic E-state index is 0.0158. The molecule has 1 saturated heterocycles. The first-order valence-corrected chi connectivity index (χ1v) is 14.4. The van der Waals surface area contributed by atoms with Crippen molar-refractivity contribution in [2.45, 2.75) is 43.7 Å². The van der Waals surface area contributed by atoms with Gasteiger partial charge in [-0.1, -0.05) is 47.4 Å². The summed E-state index contributed by atoms with van der Waals surface area (Å²) in [5.41, 5.74) is 1.52. The predicted molar refractivity (Wildman–Crippen MR) is 138 cm³/mol. The Morgan fingerprint density at radius 1 is 1.22 bits per heavy atom. The van der Waals surface area contributed by atoms with Crippen molar-refractivity contribution in [3.8, 4) is 11.4 Å². The van der Waals surface area contributed by atoms with E-state index in [1.807, 2.05) is 6.92 Å². The Hall–Kier alpha value is -2.46. The van der Waals surface area contributed by atoms with Crippen LogP contribution in [0.15, 0.2) is 51.9 Å². The van der Waals surface area contributed by atoms with Gasteiger partial charge in [0, 0.05) is 23.4 Å². The lowest BCUT2D eigenvalue weighted by atomic mass is 9.95. The molecule has 0 spiro atoms. The van der Waals surface area contributed by atoms with E-state index in [0.29, 0.717) is 46.8 Å². The highest BCUT2D eigenvalue weighted by molar-refractivity contribution is 7.90. The van der Waals surface area contributed by atoms with Crippen LogP contribution in [0, 0.1) is 5.92 Å². The van der Waals surface area contributed by atoms with Crippen LogP contribution in [0.1, 0.15) is 43.7 Å². The van der Waals surface area contributed by atoms with Crippen molar-refractivity contribution in [1.82, 2.24) is 20.4 Å². The van der Waals surface area contributed by atoms with E-state index in [4.69, 9.17) is 27.7 Å². The first-order chi connectivity index (χ1) is 17.1. The lowest BCUT2D eigenvalue weighted by molar-refractivity contribution is -0.127. The molecule has 2 heterocycles. The molecule has 1 amide bonds. The summed E-state index contributed by atoms with van der Waals surface area (Å²) >= 11 is 12.2. The highest BCUT2D eigenvalue weighted by Crippen LogP contribution is 2.29. The number of hydrogen-bond donors (Lipinski definition) is 1. The molecule has 1 aliphatic rings. The van der Waals surface area contributed by atoms with Gasteiger partial charge in [-0.2, -0.15) is 4.98 Å². The first kappa shape index (κ1) is 26.6. The van der Waals surface area contributed by atoms with Crippen molar-refractivity contribution in [3.05, 3.63) is 64.0 Å². The molecule has 0 aliphatic carbocycles. The van der Waals surface area contributed by atoms with E-state index < -0.39 is 9.84 Å². The Kier molecular flexibility index (Phi) is 8.34. The molecule has 11 heteroatoms. The van der Waals surface area contributed by atoms with Crippen LogP contribution in [0.2, 0.25) is 10.0 Å². The molecule has 2 aromatic carbocycles. The number of nitrogens with one attached hydrogen (secondary N) is 1. The van der Waals surface area contributed by atoms with E-state index in [2.05, 4.69) is 20.4 Å². The average Bonchev–Trinajstić information content (AvgIpc) is 3.30. The smallest absolute Gasteiger partial charge is 0.241 e. The second-order valence-electron chi connectivity index (χ2n) is 9.02. The van der Waals surface area contributed by atoms with Crippen molar-refractivity contribution < 1.29 is 17.7 Å². The second kappa shape index (κ2) is 11.3. The molecule has 1 aromatic heterocycles. The van der Waals surface area contributed by atoms with E-state index >= 15 is 0 Å². The predicted octanol–water partition coefficient (Wildman–Crippen LogP) is 4.93. The average molecular weight is 551 g/mol. The molecule has 1 fully saturated rings. The number of aromatic nitrogens is 2. The zero-order chi connectivity index (χ0) is 25.9. The van der Waals surface area contributed by atoms with Gasteiger partial charge in [-0.15, -0.1) is 0 Å². The fourth-order valence-corrected chi connectivity index (χ4v) is 5.49. The molecular weight excluding hydrogens is 523 g/mol. The third-order valence-electron chi connectivity index (χ3n) is 6.31. The summed E-state index contributed by atoms with van der Waals surface area (Å²) in [6.45, 7) is 3.83. The van der Waals surface area contributed by atoms with E-state index in [0.717, 1.165) is 24.9 Å². The van der Waals surface area contributed by atoms with Crippen molar-refractivity contribution in [3.63, 3.8) is 0 Å². The molecule has 192 valence electrons. The van der Waals surface area contributed by atoms with Gasteiger partial charge < -0.3 is 9.84 Å². The van der Waals surface area contributed by atoms with Gasteiger partial charge in [-0.25, -0.2) is 8.42 Å². The van der Waals surface area contributed by atoms with Crippen LogP contribution >= 0.6 is 23.2 Å². The summed E-state index contributed by atoms with van der Waals surface area (Å²) in [5, 5.41) is 8.16. The van der Waals surface area contributed by atoms with Crippen LogP contribution in [0.3, 0.4) is 0 Å². The van der Waals surface area contributed by atoms with Gasteiger partial charge in [0.2, 0.25) is 17.6 Å². The highest BCUT2D eigenvalue weighted by atomic mass is 35.5. The molecular formula is C25H28Cl2N4O4S. The molecule has 0 radical (unpaired) electrons. The Bertz CT molecular complexity index is 1330. The molecule has 8 nitrogen and oxygen atoms in total. The van der Waals surface area contributed by atoms with Crippen molar-refractivity contribution in [2.75, 3.05) is 19.3 Å². The van der Waals surface area contributed by atoms with Crippen LogP contribution in [0.25, 0.3) is 11.4 Å². The molecule has 1 N–H and O–H groups in total. The normalized spacial score (nSPS) is 17.6. The summed E-state index contributed by atoms with van der Waals surface area (Å²) in [5.74, 6) is 0.661. The fraction of sp³-hybridized carbons (Fsp3) is 0.400. The molecule has 4 rings (SSSR count). The topological polar surface area (TPSA) is 105 Å². The number of nitrogens with zero attached hydrogens (tertiary/aromatic N) is 3. The molecule has 0 saturated carbocycles. The van der Waals surface area contributed by atoms with E-state index in [1.54, 1.807) is 42.5 Å². The van der Waals surface area contributed by atoms with Crippen LogP contribution < -0.4 is 5.32 Å². The van der Waals surface area contributed by atoms with Gasteiger partial charge in [-0.05, 0) is 61.7 Å². The number of hydrogen-bond acceptors (Lipinski definition) is 7. The number of amides is 1. The summed E-state index contributed by atoms with van der Waals surface area (Å²) in [4.78, 5) is 20.0. The van der Waals surface area contributed by atoms with Gasteiger partial charge >= 0.3 is 0 Å². The largest absolute Gasteiger partial charge is 0.349 e. The molecule has 1 aliphatic heterocycles. The zero-order valence-corrected chi connectivity index (χ0v) is 22.4. The number of halogens is 2. The Balaban J connectivity index is 1.37. The Labute approximate surface area is 220 Å². The van der Waals surface area contributed by atoms with Crippen LogP contribution in [0.5, 0.6) is 0 Å².